The SMILES string of the molecule is CCn1cc(Br)cc1C(=O)Nc1ccc(Cl)c([N+](=O)[O-])c1. The second-order valence-electron chi connectivity index (χ2n) is 4.21. The fourth-order valence-electron chi connectivity index (χ4n) is 1.85. The van der Waals surface area contributed by atoms with Crippen LogP contribution in [0.4, 0.5) is 11.4 Å². The Kier molecular flexibility index (Phi) is 4.64. The lowest BCUT2D eigenvalue weighted by atomic mass is 10.2. The Morgan fingerprint density at radius 3 is 2.81 bits per heavy atom. The van der Waals surface area contributed by atoms with E-state index in [-0.39, 0.29) is 16.6 Å². The van der Waals surface area contributed by atoms with Gasteiger partial charge in [0.2, 0.25) is 0 Å². The summed E-state index contributed by atoms with van der Waals surface area (Å²) in [6.45, 7) is 2.55. The number of aryl methyl sites for hydroxylation is 1. The Morgan fingerprint density at radius 2 is 2.19 bits per heavy atom. The predicted molar refractivity (Wildman–Crippen MR) is 83.9 cm³/mol. The summed E-state index contributed by atoms with van der Waals surface area (Å²) >= 11 is 9.04. The van der Waals surface area contributed by atoms with E-state index in [0.29, 0.717) is 17.9 Å². The normalized spacial score (nSPS) is 10.4. The summed E-state index contributed by atoms with van der Waals surface area (Å²) in [4.78, 5) is 22.5. The standard InChI is InChI=1S/C13H11BrClN3O3/c1-2-17-7-8(14)5-12(17)13(19)16-9-3-4-10(15)11(6-9)18(20)21/h3-7H,2H2,1H3,(H,16,19). The average molecular weight is 373 g/mol. The Morgan fingerprint density at radius 1 is 1.48 bits per heavy atom. The minimum Gasteiger partial charge on any atom is -0.343 e. The van der Waals surface area contributed by atoms with Gasteiger partial charge in [0.15, 0.2) is 0 Å². The van der Waals surface area contributed by atoms with E-state index in [0.717, 1.165) is 4.47 Å². The number of hydrogen-bond donors (Lipinski definition) is 1. The molecule has 0 aliphatic heterocycles. The number of rotatable bonds is 4. The molecule has 0 aliphatic carbocycles. The van der Waals surface area contributed by atoms with Crippen LogP contribution in [0.5, 0.6) is 0 Å². The molecule has 1 aromatic carbocycles. The van der Waals surface area contributed by atoms with Crippen molar-refractivity contribution in [1.29, 1.82) is 0 Å². The van der Waals surface area contributed by atoms with E-state index >= 15 is 0 Å². The number of aromatic nitrogens is 1. The van der Waals surface area contributed by atoms with Crippen molar-refractivity contribution in [1.82, 2.24) is 4.57 Å². The van der Waals surface area contributed by atoms with Crippen LogP contribution in [0.2, 0.25) is 5.02 Å². The quantitative estimate of drug-likeness (QED) is 0.649. The number of anilines is 1. The van der Waals surface area contributed by atoms with E-state index in [2.05, 4.69) is 21.2 Å². The van der Waals surface area contributed by atoms with Crippen LogP contribution in [-0.4, -0.2) is 15.4 Å². The highest BCUT2D eigenvalue weighted by Gasteiger charge is 2.16. The average Bonchev–Trinajstić information content (AvgIpc) is 2.82. The molecule has 0 aliphatic rings. The van der Waals surface area contributed by atoms with Crippen molar-refractivity contribution in [3.63, 3.8) is 0 Å². The van der Waals surface area contributed by atoms with Gasteiger partial charge in [-0.1, -0.05) is 11.6 Å². The first-order chi connectivity index (χ1) is 9.92. The molecule has 0 fully saturated rings. The molecule has 21 heavy (non-hydrogen) atoms. The third-order valence-electron chi connectivity index (χ3n) is 2.84. The molecule has 0 radical (unpaired) electrons. The second-order valence-corrected chi connectivity index (χ2v) is 5.53. The summed E-state index contributed by atoms with van der Waals surface area (Å²) in [7, 11) is 0. The summed E-state index contributed by atoms with van der Waals surface area (Å²) < 4.78 is 2.56. The maximum Gasteiger partial charge on any atom is 0.289 e. The number of nitro benzene ring substituents is 1. The summed E-state index contributed by atoms with van der Waals surface area (Å²) in [6, 6.07) is 5.81. The molecule has 1 N–H and O–H groups in total. The summed E-state index contributed by atoms with van der Waals surface area (Å²) in [6.07, 6.45) is 1.79. The lowest BCUT2D eigenvalue weighted by Crippen LogP contribution is -2.16. The van der Waals surface area contributed by atoms with E-state index in [1.165, 1.54) is 18.2 Å². The molecule has 2 rings (SSSR count). The van der Waals surface area contributed by atoms with Crippen LogP contribution >= 0.6 is 27.5 Å². The molecule has 0 saturated carbocycles. The van der Waals surface area contributed by atoms with Crippen molar-refractivity contribution in [2.24, 2.45) is 0 Å². The van der Waals surface area contributed by atoms with E-state index in [4.69, 9.17) is 11.6 Å². The predicted octanol–water partition coefficient (Wildman–Crippen LogP) is 4.08. The maximum atomic E-state index is 12.2. The largest absolute Gasteiger partial charge is 0.343 e. The molecule has 1 aromatic heterocycles. The minimum atomic E-state index is -0.594. The van der Waals surface area contributed by atoms with Gasteiger partial charge < -0.3 is 9.88 Å². The van der Waals surface area contributed by atoms with Gasteiger partial charge in [0.25, 0.3) is 11.6 Å². The van der Waals surface area contributed by atoms with E-state index < -0.39 is 4.92 Å². The van der Waals surface area contributed by atoms with E-state index in [9.17, 15) is 14.9 Å². The van der Waals surface area contributed by atoms with Crippen LogP contribution in [0.25, 0.3) is 0 Å². The number of carbonyl (C=O) groups excluding carboxylic acids is 1. The highest BCUT2D eigenvalue weighted by Crippen LogP contribution is 2.27. The summed E-state index contributed by atoms with van der Waals surface area (Å²) in [5.74, 6) is -0.348. The second kappa shape index (κ2) is 6.28. The van der Waals surface area contributed by atoms with E-state index in [1.807, 2.05) is 6.92 Å². The third kappa shape index (κ3) is 3.43. The van der Waals surface area contributed by atoms with Gasteiger partial charge in [0, 0.05) is 29.0 Å². The third-order valence-corrected chi connectivity index (χ3v) is 3.59. The van der Waals surface area contributed by atoms with Gasteiger partial charge in [-0.25, -0.2) is 0 Å². The minimum absolute atomic E-state index is 0.0256. The van der Waals surface area contributed by atoms with Gasteiger partial charge in [-0.15, -0.1) is 0 Å². The molecule has 0 spiro atoms. The molecule has 1 heterocycles. The Balaban J connectivity index is 2.27. The number of carbonyl (C=O) groups is 1. The van der Waals surface area contributed by atoms with Crippen LogP contribution < -0.4 is 5.32 Å². The number of nitrogens with one attached hydrogen (secondary N) is 1. The molecular formula is C13H11BrClN3O3. The summed E-state index contributed by atoms with van der Waals surface area (Å²) in [5, 5.41) is 13.5. The van der Waals surface area contributed by atoms with Gasteiger partial charge >= 0.3 is 0 Å². The van der Waals surface area contributed by atoms with E-state index in [1.54, 1.807) is 16.8 Å². The first-order valence-electron chi connectivity index (χ1n) is 6.03. The first kappa shape index (κ1) is 15.5. The number of halogens is 2. The topological polar surface area (TPSA) is 77.2 Å². The number of benzene rings is 1. The van der Waals surface area contributed by atoms with Crippen molar-refractivity contribution >= 4 is 44.8 Å². The lowest BCUT2D eigenvalue weighted by molar-refractivity contribution is -0.384. The van der Waals surface area contributed by atoms with Gasteiger partial charge in [0.1, 0.15) is 10.7 Å². The monoisotopic (exact) mass is 371 g/mol. The lowest BCUT2D eigenvalue weighted by Gasteiger charge is -2.08. The van der Waals surface area contributed by atoms with Gasteiger partial charge in [0.05, 0.1) is 4.92 Å². The van der Waals surface area contributed by atoms with Crippen molar-refractivity contribution in [2.45, 2.75) is 13.5 Å². The van der Waals surface area contributed by atoms with Crippen LogP contribution in [0.3, 0.4) is 0 Å². The van der Waals surface area contributed by atoms with Crippen molar-refractivity contribution in [3.05, 3.63) is 55.8 Å². The molecule has 1 amide bonds. The Labute approximate surface area is 134 Å². The molecule has 0 bridgehead atoms. The van der Waals surface area contributed by atoms with Crippen LogP contribution in [-0.2, 0) is 6.54 Å². The van der Waals surface area contributed by atoms with Crippen LogP contribution in [0.1, 0.15) is 17.4 Å². The maximum absolute atomic E-state index is 12.2. The molecular weight excluding hydrogens is 362 g/mol. The smallest absolute Gasteiger partial charge is 0.289 e. The zero-order chi connectivity index (χ0) is 15.6. The highest BCUT2D eigenvalue weighted by atomic mass is 79.9. The fraction of sp³-hybridized carbons (Fsp3) is 0.154. The number of amides is 1. The number of hydrogen-bond acceptors (Lipinski definition) is 3. The van der Waals surface area contributed by atoms with Gasteiger partial charge in [-0.2, -0.15) is 0 Å². The molecule has 0 unspecified atom stereocenters. The molecule has 0 atom stereocenters. The zero-order valence-corrected chi connectivity index (χ0v) is 13.3. The zero-order valence-electron chi connectivity index (χ0n) is 11.0. The Hall–Kier alpha value is -1.86. The van der Waals surface area contributed by atoms with Crippen molar-refractivity contribution in [2.75, 3.05) is 5.32 Å². The fourth-order valence-corrected chi connectivity index (χ4v) is 2.50. The molecule has 2 aromatic rings. The van der Waals surface area contributed by atoms with Crippen molar-refractivity contribution in [3.8, 4) is 0 Å². The van der Waals surface area contributed by atoms with Gasteiger partial charge in [-0.3, -0.25) is 14.9 Å². The number of nitrogens with zero attached hydrogens (tertiary/aromatic N) is 2. The molecule has 8 heteroatoms. The molecule has 6 nitrogen and oxygen atoms in total. The summed E-state index contributed by atoms with van der Waals surface area (Å²) in [5.41, 5.74) is 0.527. The van der Waals surface area contributed by atoms with Crippen molar-refractivity contribution < 1.29 is 9.72 Å². The highest BCUT2D eigenvalue weighted by molar-refractivity contribution is 9.10. The number of nitro groups is 1. The Bertz CT molecular complexity index is 715. The molecule has 110 valence electrons. The first-order valence-corrected chi connectivity index (χ1v) is 7.20. The van der Waals surface area contributed by atoms with Gasteiger partial charge in [-0.05, 0) is 41.1 Å². The van der Waals surface area contributed by atoms with Crippen LogP contribution in [0.15, 0.2) is 34.9 Å². The van der Waals surface area contributed by atoms with Crippen LogP contribution in [0, 0.1) is 10.1 Å². The molecule has 0 saturated heterocycles.